The Bertz CT molecular complexity index is 593. The molecule has 0 spiro atoms. The Morgan fingerprint density at radius 3 is 1.50 bits per heavy atom. The van der Waals surface area contributed by atoms with Gasteiger partial charge in [-0.1, -0.05) is 35.7 Å². The third-order valence-corrected chi connectivity index (χ3v) is 5.17. The highest BCUT2D eigenvalue weighted by Gasteiger charge is 2.17. The first kappa shape index (κ1) is 11.6. The quantitative estimate of drug-likeness (QED) is 0.662. The maximum absolute atomic E-state index is 10.8. The highest BCUT2D eigenvalue weighted by atomic mass is 32.2. The molecule has 0 aliphatic carbocycles. The maximum Gasteiger partial charge on any atom is 0.150 e. The summed E-state index contributed by atoms with van der Waals surface area (Å²) in [6, 6.07) is 11.3. The van der Waals surface area contributed by atoms with Gasteiger partial charge >= 0.3 is 0 Å². The smallest absolute Gasteiger partial charge is 0.150 e. The van der Waals surface area contributed by atoms with E-state index in [0.29, 0.717) is 11.1 Å². The Morgan fingerprint density at radius 1 is 0.667 bits per heavy atom. The lowest BCUT2D eigenvalue weighted by atomic mass is 10.2. The van der Waals surface area contributed by atoms with Gasteiger partial charge in [-0.2, -0.15) is 0 Å². The molecule has 0 atom stereocenters. The lowest BCUT2D eigenvalue weighted by Gasteiger charge is -2.18. The van der Waals surface area contributed by atoms with E-state index in [4.69, 9.17) is 0 Å². The first-order valence-corrected chi connectivity index (χ1v) is 6.97. The Kier molecular flexibility index (Phi) is 2.97. The van der Waals surface area contributed by atoms with Gasteiger partial charge in [-0.05, 0) is 24.3 Å². The predicted octanol–water partition coefficient (Wildman–Crippen LogP) is 3.93. The molecule has 0 fully saturated rings. The molecular formula is C14H8O2S2. The summed E-state index contributed by atoms with van der Waals surface area (Å²) in [5.74, 6) is 0. The normalized spacial score (nSPS) is 12.4. The SMILES string of the molecule is O=Cc1ccc2c(c1)Sc1ccc(C=O)cc1S2. The van der Waals surface area contributed by atoms with Gasteiger partial charge in [0.1, 0.15) is 12.6 Å². The van der Waals surface area contributed by atoms with Gasteiger partial charge in [0.25, 0.3) is 0 Å². The van der Waals surface area contributed by atoms with E-state index in [0.717, 1.165) is 32.2 Å². The number of rotatable bonds is 2. The van der Waals surface area contributed by atoms with E-state index in [1.165, 1.54) is 0 Å². The van der Waals surface area contributed by atoms with Crippen LogP contribution in [0.4, 0.5) is 0 Å². The molecule has 2 nitrogen and oxygen atoms in total. The second-order valence-corrected chi connectivity index (χ2v) is 6.02. The highest BCUT2D eigenvalue weighted by molar-refractivity contribution is 8.05. The maximum atomic E-state index is 10.8. The molecule has 0 aromatic heterocycles. The zero-order valence-corrected chi connectivity index (χ0v) is 10.9. The molecule has 0 radical (unpaired) electrons. The van der Waals surface area contributed by atoms with Crippen molar-refractivity contribution in [3.8, 4) is 0 Å². The summed E-state index contributed by atoms with van der Waals surface area (Å²) in [5.41, 5.74) is 1.38. The largest absolute Gasteiger partial charge is 0.298 e. The van der Waals surface area contributed by atoms with Gasteiger partial charge in [-0.3, -0.25) is 9.59 Å². The molecule has 0 unspecified atom stereocenters. The molecule has 3 rings (SSSR count). The van der Waals surface area contributed by atoms with E-state index in [1.807, 2.05) is 36.4 Å². The third-order valence-electron chi connectivity index (χ3n) is 2.65. The predicted molar refractivity (Wildman–Crippen MR) is 71.9 cm³/mol. The first-order valence-electron chi connectivity index (χ1n) is 5.34. The topological polar surface area (TPSA) is 34.1 Å². The lowest BCUT2D eigenvalue weighted by Crippen LogP contribution is -1.92. The van der Waals surface area contributed by atoms with Crippen LogP contribution in [-0.4, -0.2) is 12.6 Å². The number of aldehydes is 2. The minimum absolute atomic E-state index is 0.690. The summed E-state index contributed by atoms with van der Waals surface area (Å²) >= 11 is 3.27. The molecule has 0 amide bonds. The summed E-state index contributed by atoms with van der Waals surface area (Å²) in [6.07, 6.45) is 1.72. The van der Waals surface area contributed by atoms with Crippen molar-refractivity contribution in [2.24, 2.45) is 0 Å². The van der Waals surface area contributed by atoms with Crippen molar-refractivity contribution in [1.29, 1.82) is 0 Å². The number of benzene rings is 2. The van der Waals surface area contributed by atoms with Crippen LogP contribution in [0.5, 0.6) is 0 Å². The molecule has 4 heteroatoms. The second-order valence-electron chi connectivity index (χ2n) is 3.85. The van der Waals surface area contributed by atoms with Crippen LogP contribution in [0.25, 0.3) is 0 Å². The zero-order valence-electron chi connectivity index (χ0n) is 9.25. The summed E-state index contributed by atoms with van der Waals surface area (Å²) in [4.78, 5) is 26.0. The van der Waals surface area contributed by atoms with Crippen LogP contribution in [0, 0.1) is 0 Å². The molecule has 0 saturated carbocycles. The summed E-state index contributed by atoms with van der Waals surface area (Å²) < 4.78 is 0. The molecule has 0 bridgehead atoms. The number of hydrogen-bond acceptors (Lipinski definition) is 4. The van der Waals surface area contributed by atoms with Crippen LogP contribution < -0.4 is 0 Å². The molecule has 2 aromatic rings. The fourth-order valence-electron chi connectivity index (χ4n) is 1.76. The van der Waals surface area contributed by atoms with Crippen molar-refractivity contribution in [3.63, 3.8) is 0 Å². The van der Waals surface area contributed by atoms with Gasteiger partial charge in [0.05, 0.1) is 0 Å². The van der Waals surface area contributed by atoms with Gasteiger partial charge in [-0.15, -0.1) is 0 Å². The minimum atomic E-state index is 0.690. The molecule has 0 N–H and O–H groups in total. The van der Waals surface area contributed by atoms with E-state index >= 15 is 0 Å². The lowest BCUT2D eigenvalue weighted by molar-refractivity contribution is 0.111. The van der Waals surface area contributed by atoms with Gasteiger partial charge in [0.2, 0.25) is 0 Å². The standard InChI is InChI=1S/C14H8O2S2/c15-7-9-1-3-11-13(5-9)18-12-4-2-10(8-16)6-14(12)17-11/h1-8H. The molecule has 88 valence electrons. The van der Waals surface area contributed by atoms with Gasteiger partial charge in [-0.25, -0.2) is 0 Å². The van der Waals surface area contributed by atoms with Gasteiger partial charge < -0.3 is 0 Å². The molecule has 1 aliphatic heterocycles. The molecule has 1 aliphatic rings. The van der Waals surface area contributed by atoms with E-state index in [9.17, 15) is 9.59 Å². The fraction of sp³-hybridized carbons (Fsp3) is 0. The van der Waals surface area contributed by atoms with Crippen LogP contribution in [0.15, 0.2) is 56.0 Å². The average Bonchev–Trinajstić information content (AvgIpc) is 2.43. The number of carbonyl (C=O) groups is 2. The van der Waals surface area contributed by atoms with Crippen molar-refractivity contribution in [2.45, 2.75) is 19.6 Å². The summed E-state index contributed by atoms with van der Waals surface area (Å²) in [7, 11) is 0. The van der Waals surface area contributed by atoms with Crippen LogP contribution >= 0.6 is 23.5 Å². The van der Waals surface area contributed by atoms with Crippen molar-refractivity contribution in [3.05, 3.63) is 47.5 Å². The zero-order chi connectivity index (χ0) is 12.5. The van der Waals surface area contributed by atoms with Crippen molar-refractivity contribution >= 4 is 36.1 Å². The second kappa shape index (κ2) is 4.63. The summed E-state index contributed by atoms with van der Waals surface area (Å²) in [6.45, 7) is 0. The first-order chi connectivity index (χ1) is 8.80. The van der Waals surface area contributed by atoms with Crippen molar-refractivity contribution < 1.29 is 9.59 Å². The van der Waals surface area contributed by atoms with Gasteiger partial charge in [0.15, 0.2) is 0 Å². The van der Waals surface area contributed by atoms with Crippen molar-refractivity contribution in [2.75, 3.05) is 0 Å². The van der Waals surface area contributed by atoms with Crippen LogP contribution in [-0.2, 0) is 0 Å². The van der Waals surface area contributed by atoms with Crippen molar-refractivity contribution in [1.82, 2.24) is 0 Å². The van der Waals surface area contributed by atoms with Crippen LogP contribution in [0.2, 0.25) is 0 Å². The number of fused-ring (bicyclic) bond motifs is 2. The van der Waals surface area contributed by atoms with E-state index < -0.39 is 0 Å². The Hall–Kier alpha value is -1.52. The van der Waals surface area contributed by atoms with E-state index in [2.05, 4.69) is 0 Å². The Labute approximate surface area is 113 Å². The summed E-state index contributed by atoms with van der Waals surface area (Å²) in [5, 5.41) is 0. The third kappa shape index (κ3) is 1.98. The van der Waals surface area contributed by atoms with Gasteiger partial charge in [0, 0.05) is 30.7 Å². The van der Waals surface area contributed by atoms with Crippen LogP contribution in [0.3, 0.4) is 0 Å². The Balaban J connectivity index is 2.05. The number of carbonyl (C=O) groups excluding carboxylic acids is 2. The highest BCUT2D eigenvalue weighted by Crippen LogP contribution is 2.48. The molecule has 0 saturated heterocycles. The Morgan fingerprint density at radius 2 is 1.11 bits per heavy atom. The molecular weight excluding hydrogens is 264 g/mol. The minimum Gasteiger partial charge on any atom is -0.298 e. The number of hydrogen-bond donors (Lipinski definition) is 0. The van der Waals surface area contributed by atoms with Crippen LogP contribution in [0.1, 0.15) is 20.7 Å². The molecule has 18 heavy (non-hydrogen) atoms. The average molecular weight is 272 g/mol. The molecule has 2 aromatic carbocycles. The molecule has 1 heterocycles. The van der Waals surface area contributed by atoms with E-state index in [1.54, 1.807) is 23.5 Å². The fourth-order valence-corrected chi connectivity index (χ4v) is 4.05. The van der Waals surface area contributed by atoms with E-state index in [-0.39, 0.29) is 0 Å². The monoisotopic (exact) mass is 272 g/mol.